The zero-order chi connectivity index (χ0) is 21.3. The molecule has 2 saturated heterocycles. The third kappa shape index (κ3) is 3.98. The lowest BCUT2D eigenvalue weighted by atomic mass is 9.77. The van der Waals surface area contributed by atoms with Gasteiger partial charge in [0.15, 0.2) is 0 Å². The minimum absolute atomic E-state index is 0.285. The van der Waals surface area contributed by atoms with Gasteiger partial charge in [-0.1, -0.05) is 36.6 Å². The van der Waals surface area contributed by atoms with Gasteiger partial charge in [0.05, 0.1) is 5.41 Å². The van der Waals surface area contributed by atoms with Gasteiger partial charge in [-0.05, 0) is 49.4 Å². The van der Waals surface area contributed by atoms with Gasteiger partial charge in [-0.25, -0.2) is 4.98 Å². The molecule has 7 heteroatoms. The molecule has 1 aromatic heterocycles. The summed E-state index contributed by atoms with van der Waals surface area (Å²) in [6, 6.07) is 9.90. The van der Waals surface area contributed by atoms with Crippen LogP contribution in [0.25, 0.3) is 0 Å². The number of hydrogen-bond donors (Lipinski definition) is 0. The third-order valence-corrected chi connectivity index (χ3v) is 7.42. The van der Waals surface area contributed by atoms with Crippen LogP contribution in [0.15, 0.2) is 36.5 Å². The molecule has 0 atom stereocenters. The summed E-state index contributed by atoms with van der Waals surface area (Å²) in [6.45, 7) is 5.16. The van der Waals surface area contributed by atoms with E-state index < -0.39 is 0 Å². The summed E-state index contributed by atoms with van der Waals surface area (Å²) < 4.78 is 0. The molecule has 0 N–H and O–H groups in total. The van der Waals surface area contributed by atoms with Gasteiger partial charge in [0, 0.05) is 50.5 Å². The highest BCUT2D eigenvalue weighted by Gasteiger charge is 2.45. The van der Waals surface area contributed by atoms with E-state index in [1.165, 1.54) is 12.8 Å². The van der Waals surface area contributed by atoms with Crippen molar-refractivity contribution in [2.24, 2.45) is 0 Å². The molecule has 0 radical (unpaired) electrons. The molecule has 1 aromatic carbocycles. The molecule has 1 aliphatic carbocycles. The number of carbonyl (C=O) groups excluding carboxylic acids is 1. The van der Waals surface area contributed by atoms with E-state index in [1.54, 1.807) is 0 Å². The second-order valence-corrected chi connectivity index (χ2v) is 9.42. The van der Waals surface area contributed by atoms with E-state index in [0.717, 1.165) is 87.3 Å². The summed E-state index contributed by atoms with van der Waals surface area (Å²) in [5, 5.41) is 0.719. The van der Waals surface area contributed by atoms with E-state index >= 15 is 0 Å². The standard InChI is InChI=1S/C24H30ClN5O/c25-20-7-5-19(6-8-20)24(10-1-2-11-24)22(31)29-17-15-28(16-18-29)21-9-12-26-23(27-21)30-13-3-4-14-30/h5-9,12H,1-4,10-11,13-18H2. The van der Waals surface area contributed by atoms with Crippen molar-refractivity contribution in [2.75, 3.05) is 49.1 Å². The van der Waals surface area contributed by atoms with E-state index in [9.17, 15) is 4.79 Å². The van der Waals surface area contributed by atoms with Gasteiger partial charge < -0.3 is 14.7 Å². The van der Waals surface area contributed by atoms with Crippen molar-refractivity contribution in [1.82, 2.24) is 14.9 Å². The van der Waals surface area contributed by atoms with Crippen LogP contribution in [-0.4, -0.2) is 60.0 Å². The minimum Gasteiger partial charge on any atom is -0.353 e. The zero-order valence-corrected chi connectivity index (χ0v) is 18.7. The fourth-order valence-corrected chi connectivity index (χ4v) is 5.53. The molecule has 0 unspecified atom stereocenters. The lowest BCUT2D eigenvalue weighted by molar-refractivity contribution is -0.137. The van der Waals surface area contributed by atoms with Gasteiger partial charge in [0.25, 0.3) is 0 Å². The predicted octanol–water partition coefficient (Wildman–Crippen LogP) is 3.89. The Bertz CT molecular complexity index is 914. The van der Waals surface area contributed by atoms with Gasteiger partial charge in [0.1, 0.15) is 5.82 Å². The van der Waals surface area contributed by atoms with E-state index in [4.69, 9.17) is 16.6 Å². The number of piperazine rings is 1. The topological polar surface area (TPSA) is 52.6 Å². The second-order valence-electron chi connectivity index (χ2n) is 8.98. The van der Waals surface area contributed by atoms with E-state index in [0.29, 0.717) is 0 Å². The van der Waals surface area contributed by atoms with Crippen LogP contribution in [0.1, 0.15) is 44.1 Å². The van der Waals surface area contributed by atoms with Crippen LogP contribution >= 0.6 is 11.6 Å². The Hall–Kier alpha value is -2.34. The first-order valence-electron chi connectivity index (χ1n) is 11.5. The maximum Gasteiger partial charge on any atom is 0.233 e. The number of anilines is 2. The molecule has 3 aliphatic rings. The van der Waals surface area contributed by atoms with E-state index in [1.807, 2.05) is 36.5 Å². The van der Waals surface area contributed by atoms with Crippen LogP contribution in [0, 0.1) is 0 Å². The summed E-state index contributed by atoms with van der Waals surface area (Å²) in [4.78, 5) is 29.6. The van der Waals surface area contributed by atoms with Crippen molar-refractivity contribution in [3.63, 3.8) is 0 Å². The van der Waals surface area contributed by atoms with E-state index in [2.05, 4.69) is 19.7 Å². The average molecular weight is 440 g/mol. The van der Waals surface area contributed by atoms with E-state index in [-0.39, 0.29) is 11.3 Å². The number of nitrogens with zero attached hydrogens (tertiary/aromatic N) is 5. The van der Waals surface area contributed by atoms with Crippen molar-refractivity contribution >= 4 is 29.3 Å². The van der Waals surface area contributed by atoms with Gasteiger partial charge in [-0.15, -0.1) is 0 Å². The Morgan fingerprint density at radius 2 is 1.52 bits per heavy atom. The number of carbonyl (C=O) groups is 1. The fourth-order valence-electron chi connectivity index (χ4n) is 5.40. The molecular weight excluding hydrogens is 410 g/mol. The van der Waals surface area contributed by atoms with Crippen molar-refractivity contribution in [3.05, 3.63) is 47.1 Å². The minimum atomic E-state index is -0.384. The molecule has 6 nitrogen and oxygen atoms in total. The number of halogens is 1. The third-order valence-electron chi connectivity index (χ3n) is 7.17. The summed E-state index contributed by atoms with van der Waals surface area (Å²) in [5.74, 6) is 2.09. The molecule has 164 valence electrons. The summed E-state index contributed by atoms with van der Waals surface area (Å²) >= 11 is 6.10. The van der Waals surface area contributed by atoms with Crippen LogP contribution in [0.4, 0.5) is 11.8 Å². The van der Waals surface area contributed by atoms with Gasteiger partial charge in [0.2, 0.25) is 11.9 Å². The molecule has 31 heavy (non-hydrogen) atoms. The van der Waals surface area contributed by atoms with Crippen LogP contribution in [0.5, 0.6) is 0 Å². The highest BCUT2D eigenvalue weighted by Crippen LogP contribution is 2.43. The summed E-state index contributed by atoms with van der Waals surface area (Å²) in [7, 11) is 0. The fraction of sp³-hybridized carbons (Fsp3) is 0.542. The molecule has 3 fully saturated rings. The number of rotatable bonds is 4. The molecule has 2 aromatic rings. The van der Waals surface area contributed by atoms with Gasteiger partial charge >= 0.3 is 0 Å². The van der Waals surface area contributed by atoms with Crippen molar-refractivity contribution in [3.8, 4) is 0 Å². The first kappa shape index (κ1) is 20.6. The molecule has 3 heterocycles. The molecule has 5 rings (SSSR count). The first-order valence-corrected chi connectivity index (χ1v) is 11.9. The average Bonchev–Trinajstić information content (AvgIpc) is 3.53. The smallest absolute Gasteiger partial charge is 0.233 e. The maximum atomic E-state index is 13.7. The summed E-state index contributed by atoms with van der Waals surface area (Å²) in [5.41, 5.74) is 0.734. The summed E-state index contributed by atoms with van der Waals surface area (Å²) in [6.07, 6.45) is 8.36. The lowest BCUT2D eigenvalue weighted by Crippen LogP contribution is -2.54. The van der Waals surface area contributed by atoms with Gasteiger partial charge in [-0.3, -0.25) is 4.79 Å². The molecule has 2 aliphatic heterocycles. The molecule has 1 amide bonds. The van der Waals surface area contributed by atoms with Crippen LogP contribution in [0.2, 0.25) is 5.02 Å². The van der Waals surface area contributed by atoms with Crippen LogP contribution in [-0.2, 0) is 10.2 Å². The zero-order valence-electron chi connectivity index (χ0n) is 18.0. The molecular formula is C24H30ClN5O. The quantitative estimate of drug-likeness (QED) is 0.723. The Labute approximate surface area is 189 Å². The molecule has 1 saturated carbocycles. The second kappa shape index (κ2) is 8.65. The highest BCUT2D eigenvalue weighted by molar-refractivity contribution is 6.30. The number of hydrogen-bond acceptors (Lipinski definition) is 5. The normalized spacial score (nSPS) is 21.0. The maximum absolute atomic E-state index is 13.7. The van der Waals surface area contributed by atoms with Crippen LogP contribution < -0.4 is 9.80 Å². The molecule has 0 spiro atoms. The number of benzene rings is 1. The Balaban J connectivity index is 1.28. The lowest BCUT2D eigenvalue weighted by Gasteiger charge is -2.40. The number of aromatic nitrogens is 2. The Morgan fingerprint density at radius 3 is 2.19 bits per heavy atom. The van der Waals surface area contributed by atoms with Gasteiger partial charge in [-0.2, -0.15) is 4.98 Å². The first-order chi connectivity index (χ1) is 15.2. The predicted molar refractivity (Wildman–Crippen MR) is 124 cm³/mol. The number of amides is 1. The van der Waals surface area contributed by atoms with Crippen molar-refractivity contribution in [2.45, 2.75) is 43.9 Å². The molecule has 0 bridgehead atoms. The Morgan fingerprint density at radius 1 is 0.839 bits per heavy atom. The van der Waals surface area contributed by atoms with Crippen molar-refractivity contribution < 1.29 is 4.79 Å². The highest BCUT2D eigenvalue weighted by atomic mass is 35.5. The van der Waals surface area contributed by atoms with Crippen LogP contribution in [0.3, 0.4) is 0 Å². The Kier molecular flexibility index (Phi) is 5.74. The SMILES string of the molecule is O=C(N1CCN(c2ccnc(N3CCCC3)n2)CC1)C1(c2ccc(Cl)cc2)CCCC1. The largest absolute Gasteiger partial charge is 0.353 e. The monoisotopic (exact) mass is 439 g/mol. The van der Waals surface area contributed by atoms with Crippen molar-refractivity contribution in [1.29, 1.82) is 0 Å².